The molecule has 2 atom stereocenters. The molecular formula is C28H27F2N7O3. The van der Waals surface area contributed by atoms with E-state index in [0.717, 1.165) is 25.1 Å². The SMILES string of the molecule is CCOc1cc(C(=O)Nc2ccccn2)cc(F)c1-c1nc([C@@H]2CC[C@H]3CCC(=O)N3C2)n2c(F)cnc(N)c12. The van der Waals surface area contributed by atoms with Gasteiger partial charge in [0.15, 0.2) is 0 Å². The number of pyridine rings is 1. The Balaban J connectivity index is 1.46. The van der Waals surface area contributed by atoms with E-state index in [1.54, 1.807) is 25.1 Å². The fourth-order valence-corrected chi connectivity index (χ4v) is 5.69. The van der Waals surface area contributed by atoms with E-state index in [9.17, 15) is 9.59 Å². The molecule has 4 aromatic rings. The minimum absolute atomic E-state index is 0.00207. The lowest BCUT2D eigenvalue weighted by Gasteiger charge is -2.34. The minimum Gasteiger partial charge on any atom is -0.493 e. The number of benzene rings is 1. The van der Waals surface area contributed by atoms with Gasteiger partial charge in [-0.05, 0) is 50.5 Å². The number of nitrogens with zero attached hydrogens (tertiary/aromatic N) is 5. The number of halogens is 2. The van der Waals surface area contributed by atoms with Crippen molar-refractivity contribution in [2.75, 3.05) is 24.2 Å². The van der Waals surface area contributed by atoms with Gasteiger partial charge in [0.2, 0.25) is 11.9 Å². The number of piperidine rings is 1. The van der Waals surface area contributed by atoms with E-state index < -0.39 is 17.7 Å². The Labute approximate surface area is 228 Å². The summed E-state index contributed by atoms with van der Waals surface area (Å²) < 4.78 is 38.3. The number of ether oxygens (including phenoxy) is 1. The van der Waals surface area contributed by atoms with Gasteiger partial charge in [-0.1, -0.05) is 6.07 Å². The number of rotatable bonds is 6. The van der Waals surface area contributed by atoms with E-state index in [4.69, 9.17) is 15.5 Å². The van der Waals surface area contributed by atoms with Crippen molar-refractivity contribution in [2.45, 2.75) is 44.6 Å². The highest BCUT2D eigenvalue weighted by Gasteiger charge is 2.39. The summed E-state index contributed by atoms with van der Waals surface area (Å²) in [5.74, 6) is -1.68. The fraction of sp³-hybridized carbons (Fsp3) is 0.321. The van der Waals surface area contributed by atoms with Crippen molar-refractivity contribution in [1.29, 1.82) is 0 Å². The number of carbonyl (C=O) groups is 2. The Morgan fingerprint density at radius 1 is 1.20 bits per heavy atom. The van der Waals surface area contributed by atoms with E-state index in [1.165, 1.54) is 16.7 Å². The maximum absolute atomic E-state index is 15.9. The zero-order chi connectivity index (χ0) is 28.0. The van der Waals surface area contributed by atoms with Gasteiger partial charge < -0.3 is 20.7 Å². The number of anilines is 2. The zero-order valence-electron chi connectivity index (χ0n) is 21.7. The van der Waals surface area contributed by atoms with Crippen LogP contribution in [-0.4, -0.2) is 55.3 Å². The average molecular weight is 548 g/mol. The first-order valence-electron chi connectivity index (χ1n) is 13.2. The number of hydrogen-bond donors (Lipinski definition) is 2. The average Bonchev–Trinajstić information content (AvgIpc) is 3.53. The molecule has 0 saturated carbocycles. The molecule has 40 heavy (non-hydrogen) atoms. The van der Waals surface area contributed by atoms with Gasteiger partial charge in [-0.15, -0.1) is 0 Å². The molecule has 2 saturated heterocycles. The summed E-state index contributed by atoms with van der Waals surface area (Å²) in [5.41, 5.74) is 6.29. The lowest BCUT2D eigenvalue weighted by atomic mass is 9.92. The zero-order valence-corrected chi connectivity index (χ0v) is 21.7. The van der Waals surface area contributed by atoms with Gasteiger partial charge in [-0.3, -0.25) is 14.0 Å². The molecule has 12 heteroatoms. The standard InChI is InChI=1S/C28H27F2N7O3/c1-2-40-19-12-16(28(39)34-21-5-3-4-10-32-21)11-18(29)23(19)24-25-26(31)33-13-20(30)37(25)27(35-24)15-6-7-17-8-9-22(38)36(17)14-15/h3-5,10-13,15,17H,2,6-9,14H2,1H3,(H2,31,33)(H,32,34,39)/t15-,17+/m1/s1. The van der Waals surface area contributed by atoms with E-state index in [2.05, 4.69) is 15.3 Å². The third-order valence-corrected chi connectivity index (χ3v) is 7.51. The molecule has 0 aliphatic carbocycles. The van der Waals surface area contributed by atoms with Crippen LogP contribution in [0.3, 0.4) is 0 Å². The molecule has 206 valence electrons. The summed E-state index contributed by atoms with van der Waals surface area (Å²) in [4.78, 5) is 39.9. The van der Waals surface area contributed by atoms with Crippen LogP contribution < -0.4 is 15.8 Å². The van der Waals surface area contributed by atoms with Crippen LogP contribution in [-0.2, 0) is 4.79 Å². The molecule has 0 bridgehead atoms. The van der Waals surface area contributed by atoms with Crippen LogP contribution in [0.25, 0.3) is 16.8 Å². The molecule has 6 rings (SSSR count). The summed E-state index contributed by atoms with van der Waals surface area (Å²) in [7, 11) is 0. The first kappa shape index (κ1) is 25.7. The molecule has 5 heterocycles. The van der Waals surface area contributed by atoms with Crippen LogP contribution in [0.2, 0.25) is 0 Å². The quantitative estimate of drug-likeness (QED) is 0.371. The highest BCUT2D eigenvalue weighted by Crippen LogP contribution is 2.41. The molecular weight excluding hydrogens is 520 g/mol. The van der Waals surface area contributed by atoms with Crippen LogP contribution in [0.5, 0.6) is 5.75 Å². The monoisotopic (exact) mass is 547 g/mol. The molecule has 2 amide bonds. The first-order chi connectivity index (χ1) is 19.4. The highest BCUT2D eigenvalue weighted by molar-refractivity contribution is 6.04. The van der Waals surface area contributed by atoms with Crippen molar-refractivity contribution in [2.24, 2.45) is 0 Å². The summed E-state index contributed by atoms with van der Waals surface area (Å²) in [5, 5.41) is 2.63. The number of imidazole rings is 1. The maximum Gasteiger partial charge on any atom is 0.257 e. The topological polar surface area (TPSA) is 128 Å². The number of nitrogen functional groups attached to an aromatic ring is 1. The van der Waals surface area contributed by atoms with Crippen molar-refractivity contribution in [1.82, 2.24) is 24.3 Å². The van der Waals surface area contributed by atoms with E-state index >= 15 is 8.78 Å². The fourth-order valence-electron chi connectivity index (χ4n) is 5.69. The Hall–Kier alpha value is -4.61. The van der Waals surface area contributed by atoms with Crippen molar-refractivity contribution < 1.29 is 23.1 Å². The third kappa shape index (κ3) is 4.38. The molecule has 0 radical (unpaired) electrons. The van der Waals surface area contributed by atoms with Crippen LogP contribution in [0.15, 0.2) is 42.7 Å². The molecule has 2 fully saturated rings. The molecule has 2 aliphatic rings. The highest BCUT2D eigenvalue weighted by atomic mass is 19.1. The largest absolute Gasteiger partial charge is 0.493 e. The second-order valence-corrected chi connectivity index (χ2v) is 9.91. The Morgan fingerprint density at radius 3 is 2.83 bits per heavy atom. The number of aromatic nitrogens is 4. The van der Waals surface area contributed by atoms with Gasteiger partial charge in [-0.2, -0.15) is 4.39 Å². The summed E-state index contributed by atoms with van der Waals surface area (Å²) >= 11 is 0. The van der Waals surface area contributed by atoms with Crippen LogP contribution in [0.1, 0.15) is 54.7 Å². The number of carbonyl (C=O) groups excluding carboxylic acids is 2. The predicted molar refractivity (Wildman–Crippen MR) is 143 cm³/mol. The Kier molecular flexibility index (Phi) is 6.53. The van der Waals surface area contributed by atoms with Crippen LogP contribution in [0.4, 0.5) is 20.4 Å². The number of hydrogen-bond acceptors (Lipinski definition) is 7. The smallest absolute Gasteiger partial charge is 0.257 e. The molecule has 3 N–H and O–H groups in total. The van der Waals surface area contributed by atoms with Gasteiger partial charge in [0, 0.05) is 36.7 Å². The minimum atomic E-state index is -0.800. The van der Waals surface area contributed by atoms with E-state index in [-0.39, 0.29) is 58.4 Å². The van der Waals surface area contributed by atoms with Crippen LogP contribution in [0, 0.1) is 11.8 Å². The second-order valence-electron chi connectivity index (χ2n) is 9.91. The number of fused-ring (bicyclic) bond motifs is 2. The summed E-state index contributed by atoms with van der Waals surface area (Å²) in [6, 6.07) is 7.68. The third-order valence-electron chi connectivity index (χ3n) is 7.51. The van der Waals surface area contributed by atoms with Crippen molar-refractivity contribution in [3.63, 3.8) is 0 Å². The second kappa shape index (κ2) is 10.2. The summed E-state index contributed by atoms with van der Waals surface area (Å²) in [6.45, 7) is 2.27. The van der Waals surface area contributed by atoms with E-state index in [0.29, 0.717) is 31.0 Å². The van der Waals surface area contributed by atoms with Gasteiger partial charge in [0.25, 0.3) is 5.91 Å². The number of amides is 2. The maximum atomic E-state index is 15.9. The van der Waals surface area contributed by atoms with Crippen molar-refractivity contribution >= 4 is 29.0 Å². The Bertz CT molecular complexity index is 1630. The van der Waals surface area contributed by atoms with Crippen LogP contribution >= 0.6 is 0 Å². The van der Waals surface area contributed by atoms with Gasteiger partial charge in [0.05, 0.1) is 18.4 Å². The van der Waals surface area contributed by atoms with Crippen molar-refractivity contribution in [3.05, 3.63) is 65.9 Å². The summed E-state index contributed by atoms with van der Waals surface area (Å²) in [6.07, 6.45) is 5.28. The Morgan fingerprint density at radius 2 is 2.05 bits per heavy atom. The van der Waals surface area contributed by atoms with Crippen molar-refractivity contribution in [3.8, 4) is 17.0 Å². The number of nitrogens with one attached hydrogen (secondary N) is 1. The molecule has 10 nitrogen and oxygen atoms in total. The molecule has 0 spiro atoms. The lowest BCUT2D eigenvalue weighted by molar-refractivity contribution is -0.130. The normalized spacial score (nSPS) is 18.7. The van der Waals surface area contributed by atoms with Gasteiger partial charge in [-0.25, -0.2) is 19.3 Å². The first-order valence-corrected chi connectivity index (χ1v) is 13.2. The van der Waals surface area contributed by atoms with Gasteiger partial charge >= 0.3 is 0 Å². The van der Waals surface area contributed by atoms with E-state index in [1.807, 2.05) is 4.90 Å². The predicted octanol–water partition coefficient (Wildman–Crippen LogP) is 4.17. The lowest BCUT2D eigenvalue weighted by Crippen LogP contribution is -2.41. The molecule has 1 aromatic carbocycles. The molecule has 0 unspecified atom stereocenters. The number of nitrogens with two attached hydrogens (primary N) is 1. The molecule has 2 aliphatic heterocycles. The molecule has 3 aromatic heterocycles. The van der Waals surface area contributed by atoms with Gasteiger partial charge in [0.1, 0.15) is 40.2 Å².